The van der Waals surface area contributed by atoms with E-state index in [1.807, 2.05) is 24.3 Å². The predicted octanol–water partition coefficient (Wildman–Crippen LogP) is 3.64. The highest BCUT2D eigenvalue weighted by Gasteiger charge is 2.32. The third kappa shape index (κ3) is 4.55. The minimum absolute atomic E-state index is 0.109. The number of nitrogens with one attached hydrogen (secondary N) is 1. The van der Waals surface area contributed by atoms with Gasteiger partial charge in [-0.25, -0.2) is 0 Å². The molecule has 1 aromatic carbocycles. The molecule has 0 aromatic heterocycles. The number of aliphatic hydroxyl groups is 1. The van der Waals surface area contributed by atoms with Crippen LogP contribution in [-0.4, -0.2) is 23.2 Å². The van der Waals surface area contributed by atoms with Crippen molar-refractivity contribution in [2.45, 2.75) is 50.0 Å². The van der Waals surface area contributed by atoms with Crippen LogP contribution < -0.4 is 5.32 Å². The molecule has 0 aliphatic heterocycles. The summed E-state index contributed by atoms with van der Waals surface area (Å²) in [5, 5.41) is 14.2. The Morgan fingerprint density at radius 3 is 2.48 bits per heavy atom. The Morgan fingerprint density at radius 2 is 1.95 bits per heavy atom. The summed E-state index contributed by atoms with van der Waals surface area (Å²) in [5.74, 6) is 0.625. The lowest BCUT2D eigenvalue weighted by molar-refractivity contribution is -0.00786. The van der Waals surface area contributed by atoms with Gasteiger partial charge in [-0.1, -0.05) is 41.4 Å². The molecule has 21 heavy (non-hydrogen) atoms. The molecule has 1 aromatic rings. The van der Waals surface area contributed by atoms with E-state index in [0.717, 1.165) is 42.5 Å². The van der Waals surface area contributed by atoms with Crippen LogP contribution in [0.3, 0.4) is 0 Å². The Kier molecular flexibility index (Phi) is 5.82. The predicted molar refractivity (Wildman–Crippen MR) is 88.6 cm³/mol. The molecular weight excluding hydrogens is 330 g/mol. The van der Waals surface area contributed by atoms with Gasteiger partial charge in [0.1, 0.15) is 0 Å². The van der Waals surface area contributed by atoms with Gasteiger partial charge in [0.15, 0.2) is 0 Å². The smallest absolute Gasteiger partial charge is 0.251 e. The lowest BCUT2D eigenvalue weighted by Gasteiger charge is -2.35. The summed E-state index contributed by atoms with van der Waals surface area (Å²) >= 11 is 3.39. The first-order valence-electron chi connectivity index (χ1n) is 7.72. The van der Waals surface area contributed by atoms with Gasteiger partial charge in [-0.2, -0.15) is 0 Å². The summed E-state index contributed by atoms with van der Waals surface area (Å²) in [7, 11) is 0. The number of carbonyl (C=O) groups is 1. The Morgan fingerprint density at radius 1 is 1.33 bits per heavy atom. The molecule has 0 saturated heterocycles. The molecule has 0 bridgehead atoms. The van der Waals surface area contributed by atoms with E-state index in [1.165, 1.54) is 6.42 Å². The molecule has 0 unspecified atom stereocenters. The lowest BCUT2D eigenvalue weighted by Crippen LogP contribution is -2.45. The average Bonchev–Trinajstić information content (AvgIpc) is 2.53. The zero-order chi connectivity index (χ0) is 15.3. The summed E-state index contributed by atoms with van der Waals surface area (Å²) in [6, 6.07) is 7.52. The number of carbonyl (C=O) groups excluding carboxylic acids is 1. The van der Waals surface area contributed by atoms with Gasteiger partial charge in [0.2, 0.25) is 0 Å². The van der Waals surface area contributed by atoms with E-state index >= 15 is 0 Å². The minimum Gasteiger partial charge on any atom is -0.388 e. The van der Waals surface area contributed by atoms with Gasteiger partial charge in [-0.3, -0.25) is 4.79 Å². The van der Waals surface area contributed by atoms with E-state index in [0.29, 0.717) is 12.1 Å². The van der Waals surface area contributed by atoms with Crippen molar-refractivity contribution in [3.8, 4) is 0 Å². The van der Waals surface area contributed by atoms with Crippen molar-refractivity contribution < 1.29 is 9.90 Å². The fourth-order valence-electron chi connectivity index (χ4n) is 2.89. The molecule has 1 saturated carbocycles. The molecule has 0 atom stereocenters. The SMILES string of the molecule is CCC1CCC(O)(CNC(=O)c2ccc(CBr)cc2)CC1. The van der Waals surface area contributed by atoms with Crippen LogP contribution in [0.2, 0.25) is 0 Å². The van der Waals surface area contributed by atoms with E-state index in [4.69, 9.17) is 0 Å². The molecule has 4 heteroatoms. The lowest BCUT2D eigenvalue weighted by atomic mass is 9.78. The number of amides is 1. The molecule has 0 radical (unpaired) electrons. The van der Waals surface area contributed by atoms with Gasteiger partial charge in [0.05, 0.1) is 5.60 Å². The summed E-state index contributed by atoms with van der Waals surface area (Å²) in [5.41, 5.74) is 1.06. The van der Waals surface area contributed by atoms with Gasteiger partial charge in [0.25, 0.3) is 5.91 Å². The first-order chi connectivity index (χ1) is 10.1. The third-order valence-electron chi connectivity index (χ3n) is 4.56. The van der Waals surface area contributed by atoms with Crippen LogP contribution >= 0.6 is 15.9 Å². The maximum absolute atomic E-state index is 12.1. The van der Waals surface area contributed by atoms with E-state index in [9.17, 15) is 9.90 Å². The Bertz CT molecular complexity index is 464. The van der Waals surface area contributed by atoms with Crippen LogP contribution in [0, 0.1) is 5.92 Å². The van der Waals surface area contributed by atoms with Crippen LogP contribution in [0.25, 0.3) is 0 Å². The summed E-state index contributed by atoms with van der Waals surface area (Å²) in [4.78, 5) is 12.1. The van der Waals surface area contributed by atoms with Gasteiger partial charge >= 0.3 is 0 Å². The van der Waals surface area contributed by atoms with E-state index < -0.39 is 5.60 Å². The first-order valence-corrected chi connectivity index (χ1v) is 8.84. The molecule has 2 rings (SSSR count). The van der Waals surface area contributed by atoms with Crippen LogP contribution in [0.15, 0.2) is 24.3 Å². The van der Waals surface area contributed by atoms with Crippen molar-refractivity contribution in [1.29, 1.82) is 0 Å². The molecule has 0 spiro atoms. The van der Waals surface area contributed by atoms with Crippen LogP contribution in [-0.2, 0) is 5.33 Å². The van der Waals surface area contributed by atoms with Crippen molar-refractivity contribution in [2.75, 3.05) is 6.54 Å². The highest BCUT2D eigenvalue weighted by atomic mass is 79.9. The van der Waals surface area contributed by atoms with Gasteiger partial charge in [-0.05, 0) is 49.3 Å². The Balaban J connectivity index is 1.85. The summed E-state index contributed by atoms with van der Waals surface area (Å²) < 4.78 is 0. The third-order valence-corrected chi connectivity index (χ3v) is 5.21. The number of alkyl halides is 1. The van der Waals surface area contributed by atoms with Crippen LogP contribution in [0.4, 0.5) is 0 Å². The molecule has 116 valence electrons. The van der Waals surface area contributed by atoms with Crippen LogP contribution in [0.5, 0.6) is 0 Å². The van der Waals surface area contributed by atoms with Gasteiger partial charge in [-0.15, -0.1) is 0 Å². The maximum Gasteiger partial charge on any atom is 0.251 e. The topological polar surface area (TPSA) is 49.3 Å². The van der Waals surface area contributed by atoms with Crippen LogP contribution in [0.1, 0.15) is 54.9 Å². The van der Waals surface area contributed by atoms with Crippen molar-refractivity contribution in [1.82, 2.24) is 5.32 Å². The molecule has 1 amide bonds. The largest absolute Gasteiger partial charge is 0.388 e. The molecule has 1 aliphatic carbocycles. The molecule has 3 nitrogen and oxygen atoms in total. The van der Waals surface area contributed by atoms with E-state index in [-0.39, 0.29) is 5.91 Å². The molecule has 2 N–H and O–H groups in total. The number of hydrogen-bond acceptors (Lipinski definition) is 2. The van der Waals surface area contributed by atoms with Crippen molar-refractivity contribution in [2.24, 2.45) is 5.92 Å². The standard InChI is InChI=1S/C17H24BrNO2/c1-2-13-7-9-17(21,10-8-13)12-19-16(20)15-5-3-14(11-18)4-6-15/h3-6,13,21H,2,7-12H2,1H3,(H,19,20). The normalized spacial score (nSPS) is 25.6. The van der Waals surface area contributed by atoms with Crippen molar-refractivity contribution in [3.63, 3.8) is 0 Å². The second-order valence-corrected chi connectivity index (χ2v) is 6.65. The van der Waals surface area contributed by atoms with Gasteiger partial charge < -0.3 is 10.4 Å². The molecule has 1 aliphatic rings. The zero-order valence-electron chi connectivity index (χ0n) is 12.6. The van der Waals surface area contributed by atoms with E-state index in [1.54, 1.807) is 0 Å². The van der Waals surface area contributed by atoms with Crippen molar-refractivity contribution >= 4 is 21.8 Å². The quantitative estimate of drug-likeness (QED) is 0.793. The average molecular weight is 354 g/mol. The second-order valence-electron chi connectivity index (χ2n) is 6.09. The second kappa shape index (κ2) is 7.41. The minimum atomic E-state index is -0.725. The Hall–Kier alpha value is -0.870. The zero-order valence-corrected chi connectivity index (χ0v) is 14.2. The highest BCUT2D eigenvalue weighted by molar-refractivity contribution is 9.08. The number of hydrogen-bond donors (Lipinski definition) is 2. The van der Waals surface area contributed by atoms with E-state index in [2.05, 4.69) is 28.2 Å². The summed E-state index contributed by atoms with van der Waals surface area (Å²) in [6.45, 7) is 2.55. The number of halogens is 1. The van der Waals surface area contributed by atoms with Gasteiger partial charge in [0, 0.05) is 17.4 Å². The molecular formula is C17H24BrNO2. The number of rotatable bonds is 5. The fourth-order valence-corrected chi connectivity index (χ4v) is 3.27. The monoisotopic (exact) mass is 353 g/mol. The number of benzene rings is 1. The molecule has 0 heterocycles. The summed E-state index contributed by atoms with van der Waals surface area (Å²) in [6.07, 6.45) is 4.87. The maximum atomic E-state index is 12.1. The molecule has 1 fully saturated rings. The fraction of sp³-hybridized carbons (Fsp3) is 0.588. The van der Waals surface area contributed by atoms with Crippen molar-refractivity contribution in [3.05, 3.63) is 35.4 Å². The Labute approximate surface area is 135 Å². The highest BCUT2D eigenvalue weighted by Crippen LogP contribution is 2.33. The first kappa shape index (κ1) is 16.5.